The number of H-pyrrole nitrogens is 1. The molecular formula is C6H7Cl2N5O. The highest BCUT2D eigenvalue weighted by atomic mass is 35.5. The number of aromatic nitrogens is 4. The Morgan fingerprint density at radius 3 is 2.71 bits per heavy atom. The highest BCUT2D eigenvalue weighted by Gasteiger charge is 2.68. The van der Waals surface area contributed by atoms with Gasteiger partial charge < -0.3 is 0 Å². The number of rotatable bonds is 2. The number of tetrazole rings is 1. The summed E-state index contributed by atoms with van der Waals surface area (Å²) in [6.45, 7) is 1.68. The summed E-state index contributed by atoms with van der Waals surface area (Å²) in [4.78, 5) is 11.6. The summed E-state index contributed by atoms with van der Waals surface area (Å²) in [6, 6.07) is 0. The Labute approximate surface area is 89.3 Å². The second kappa shape index (κ2) is 2.80. The van der Waals surface area contributed by atoms with E-state index in [4.69, 9.17) is 23.2 Å². The number of hydrogen-bond donors (Lipinski definition) is 2. The Bertz CT molecular complexity index is 364. The van der Waals surface area contributed by atoms with Crippen LogP contribution in [0.2, 0.25) is 0 Å². The first-order valence-corrected chi connectivity index (χ1v) is 4.64. The molecule has 8 heteroatoms. The number of halogens is 2. The van der Waals surface area contributed by atoms with Gasteiger partial charge in [0, 0.05) is 0 Å². The maximum Gasteiger partial charge on any atom is 0.269 e. The molecule has 2 rings (SSSR count). The van der Waals surface area contributed by atoms with Crippen molar-refractivity contribution in [2.75, 3.05) is 5.32 Å². The normalized spacial score (nSPS) is 28.5. The molecule has 1 aromatic rings. The van der Waals surface area contributed by atoms with E-state index < -0.39 is 9.75 Å². The summed E-state index contributed by atoms with van der Waals surface area (Å²) < 4.78 is -0.985. The van der Waals surface area contributed by atoms with Crippen molar-refractivity contribution >= 4 is 35.1 Å². The second-order valence-electron chi connectivity index (χ2n) is 3.40. The number of alkyl halides is 2. The van der Waals surface area contributed by atoms with Gasteiger partial charge in [0.25, 0.3) is 5.95 Å². The lowest BCUT2D eigenvalue weighted by Gasteiger charge is -2.09. The van der Waals surface area contributed by atoms with Gasteiger partial charge in [-0.25, -0.2) is 0 Å². The molecule has 0 unspecified atom stereocenters. The van der Waals surface area contributed by atoms with Crippen molar-refractivity contribution in [1.82, 2.24) is 20.6 Å². The topological polar surface area (TPSA) is 83.6 Å². The first kappa shape index (κ1) is 9.67. The van der Waals surface area contributed by atoms with E-state index >= 15 is 0 Å². The Kier molecular flexibility index (Phi) is 1.94. The predicted octanol–water partition coefficient (Wildman–Crippen LogP) is 0.722. The first-order chi connectivity index (χ1) is 6.46. The van der Waals surface area contributed by atoms with Crippen molar-refractivity contribution in [2.24, 2.45) is 5.41 Å². The van der Waals surface area contributed by atoms with Crippen LogP contribution in [0.15, 0.2) is 0 Å². The average molecular weight is 236 g/mol. The molecule has 1 fully saturated rings. The zero-order valence-electron chi connectivity index (χ0n) is 7.21. The van der Waals surface area contributed by atoms with Crippen LogP contribution in [0.25, 0.3) is 0 Å². The lowest BCUT2D eigenvalue weighted by atomic mass is 10.1. The molecule has 1 heterocycles. The first-order valence-electron chi connectivity index (χ1n) is 3.88. The predicted molar refractivity (Wildman–Crippen MR) is 50.0 cm³/mol. The third-order valence-corrected chi connectivity index (χ3v) is 3.43. The fraction of sp³-hybridized carbons (Fsp3) is 0.667. The molecule has 1 atom stereocenters. The van der Waals surface area contributed by atoms with E-state index in [9.17, 15) is 4.79 Å². The minimum Gasteiger partial charge on any atom is -0.291 e. The molecule has 1 amide bonds. The number of hydrogen-bond acceptors (Lipinski definition) is 4. The van der Waals surface area contributed by atoms with E-state index in [1.54, 1.807) is 6.92 Å². The summed E-state index contributed by atoms with van der Waals surface area (Å²) in [7, 11) is 0. The maximum atomic E-state index is 11.6. The molecule has 2 N–H and O–H groups in total. The molecule has 76 valence electrons. The van der Waals surface area contributed by atoms with Gasteiger partial charge >= 0.3 is 0 Å². The monoisotopic (exact) mass is 235 g/mol. The van der Waals surface area contributed by atoms with Gasteiger partial charge in [-0.3, -0.25) is 10.1 Å². The summed E-state index contributed by atoms with van der Waals surface area (Å²) in [5.41, 5.74) is -0.767. The van der Waals surface area contributed by atoms with E-state index in [-0.39, 0.29) is 11.9 Å². The molecule has 1 aromatic heterocycles. The minimum atomic E-state index is -0.985. The average Bonchev–Trinajstić information content (AvgIpc) is 2.54. The number of amides is 1. The Hall–Kier alpha value is -0.880. The molecule has 1 aliphatic rings. The summed E-state index contributed by atoms with van der Waals surface area (Å²) in [5.74, 6) is -0.184. The standard InChI is InChI=1S/C6H7Cl2N5O/c1-5(2-6(5,7)8)3(14)9-4-10-12-13-11-4/h2H2,1H3,(H2,9,10,11,12,13,14)/t5-/m0/s1. The van der Waals surface area contributed by atoms with E-state index in [2.05, 4.69) is 25.9 Å². The van der Waals surface area contributed by atoms with E-state index in [1.807, 2.05) is 0 Å². The van der Waals surface area contributed by atoms with Gasteiger partial charge in [0.15, 0.2) is 0 Å². The van der Waals surface area contributed by atoms with Crippen LogP contribution in [0, 0.1) is 5.41 Å². The Morgan fingerprint density at radius 2 is 2.29 bits per heavy atom. The molecule has 0 saturated heterocycles. The van der Waals surface area contributed by atoms with Crippen LogP contribution in [-0.4, -0.2) is 30.9 Å². The van der Waals surface area contributed by atoms with Crippen molar-refractivity contribution in [2.45, 2.75) is 17.7 Å². The van der Waals surface area contributed by atoms with Gasteiger partial charge in [0.2, 0.25) is 5.91 Å². The van der Waals surface area contributed by atoms with Crippen molar-refractivity contribution in [3.63, 3.8) is 0 Å². The van der Waals surface area contributed by atoms with Crippen molar-refractivity contribution in [3.05, 3.63) is 0 Å². The van der Waals surface area contributed by atoms with Gasteiger partial charge in [-0.05, 0) is 18.6 Å². The molecule has 0 bridgehead atoms. The van der Waals surface area contributed by atoms with Gasteiger partial charge in [-0.2, -0.15) is 5.21 Å². The largest absolute Gasteiger partial charge is 0.291 e. The van der Waals surface area contributed by atoms with Crippen molar-refractivity contribution < 1.29 is 4.79 Å². The van der Waals surface area contributed by atoms with E-state index in [0.29, 0.717) is 6.42 Å². The number of carbonyl (C=O) groups is 1. The number of carbonyl (C=O) groups excluding carboxylic acids is 1. The van der Waals surface area contributed by atoms with Crippen LogP contribution in [0.4, 0.5) is 5.95 Å². The molecule has 0 spiro atoms. The molecule has 6 nitrogen and oxygen atoms in total. The van der Waals surface area contributed by atoms with Gasteiger partial charge in [-0.15, -0.1) is 28.3 Å². The lowest BCUT2D eigenvalue weighted by molar-refractivity contribution is -0.120. The quantitative estimate of drug-likeness (QED) is 0.741. The maximum absolute atomic E-state index is 11.6. The molecular weight excluding hydrogens is 229 g/mol. The fourth-order valence-electron chi connectivity index (χ4n) is 1.10. The van der Waals surface area contributed by atoms with Gasteiger partial charge in [0.1, 0.15) is 4.33 Å². The van der Waals surface area contributed by atoms with E-state index in [1.165, 1.54) is 0 Å². The minimum absolute atomic E-state index is 0.118. The fourth-order valence-corrected chi connectivity index (χ4v) is 1.81. The molecule has 14 heavy (non-hydrogen) atoms. The van der Waals surface area contributed by atoms with Gasteiger partial charge in [0.05, 0.1) is 5.41 Å². The third kappa shape index (κ3) is 1.34. The van der Waals surface area contributed by atoms with Crippen LogP contribution in [0.3, 0.4) is 0 Å². The second-order valence-corrected chi connectivity index (χ2v) is 4.89. The Balaban J connectivity index is 2.05. The Morgan fingerprint density at radius 1 is 1.64 bits per heavy atom. The number of aromatic amines is 1. The zero-order chi connectivity index (χ0) is 10.4. The molecule has 0 aliphatic heterocycles. The number of anilines is 1. The molecule has 1 saturated carbocycles. The van der Waals surface area contributed by atoms with Crippen LogP contribution < -0.4 is 5.32 Å². The van der Waals surface area contributed by atoms with Gasteiger partial charge in [-0.1, -0.05) is 5.10 Å². The molecule has 0 radical (unpaired) electrons. The zero-order valence-corrected chi connectivity index (χ0v) is 8.72. The smallest absolute Gasteiger partial charge is 0.269 e. The summed E-state index contributed by atoms with van der Waals surface area (Å²) in [6.07, 6.45) is 0.423. The van der Waals surface area contributed by atoms with Crippen LogP contribution in [0.1, 0.15) is 13.3 Å². The molecule has 1 aliphatic carbocycles. The lowest BCUT2D eigenvalue weighted by Crippen LogP contribution is -2.26. The third-order valence-electron chi connectivity index (χ3n) is 2.33. The van der Waals surface area contributed by atoms with Crippen LogP contribution in [0.5, 0.6) is 0 Å². The van der Waals surface area contributed by atoms with E-state index in [0.717, 1.165) is 0 Å². The number of nitrogens with zero attached hydrogens (tertiary/aromatic N) is 3. The summed E-state index contributed by atoms with van der Waals surface area (Å²) >= 11 is 11.6. The van der Waals surface area contributed by atoms with Crippen LogP contribution >= 0.6 is 23.2 Å². The van der Waals surface area contributed by atoms with Crippen LogP contribution in [-0.2, 0) is 4.79 Å². The number of nitrogens with one attached hydrogen (secondary N) is 2. The van der Waals surface area contributed by atoms with Crippen molar-refractivity contribution in [1.29, 1.82) is 0 Å². The molecule has 0 aromatic carbocycles. The highest BCUT2D eigenvalue weighted by molar-refractivity contribution is 6.53. The summed E-state index contributed by atoms with van der Waals surface area (Å²) in [5, 5.41) is 15.1. The van der Waals surface area contributed by atoms with Crippen molar-refractivity contribution in [3.8, 4) is 0 Å². The SMILES string of the molecule is C[C@@]1(C(=O)Nc2nn[nH]n2)CC1(Cl)Cl. The highest BCUT2D eigenvalue weighted by Crippen LogP contribution is 2.64.